The van der Waals surface area contributed by atoms with Gasteiger partial charge in [-0.25, -0.2) is 14.4 Å². The van der Waals surface area contributed by atoms with E-state index in [1.165, 1.54) is 13.8 Å². The zero-order valence-corrected chi connectivity index (χ0v) is 12.6. The molecule has 0 N–H and O–H groups in total. The van der Waals surface area contributed by atoms with Crippen molar-refractivity contribution in [3.05, 3.63) is 0 Å². The summed E-state index contributed by atoms with van der Waals surface area (Å²) in [6.07, 6.45) is -1.10. The van der Waals surface area contributed by atoms with Gasteiger partial charge in [-0.1, -0.05) is 0 Å². The average molecular weight is 290 g/mol. The lowest BCUT2D eigenvalue weighted by Gasteiger charge is -2.27. The minimum Gasteiger partial charge on any atom is -0.464 e. The highest BCUT2D eigenvalue weighted by molar-refractivity contribution is 6.03. The van der Waals surface area contributed by atoms with E-state index in [9.17, 15) is 14.4 Å². The molecule has 0 aliphatic heterocycles. The molecule has 0 bridgehead atoms. The molecule has 116 valence electrons. The number of ether oxygens (including phenoxy) is 4. The van der Waals surface area contributed by atoms with Gasteiger partial charge in [0.2, 0.25) is 0 Å². The number of rotatable bonds is 8. The van der Waals surface area contributed by atoms with Crippen molar-refractivity contribution in [3.8, 4) is 0 Å². The SMILES string of the molecule is CCOC(=O)C(C)OC(C)(C(=O)OCC)C(=O)OCC. The first-order chi connectivity index (χ1) is 9.33. The maximum Gasteiger partial charge on any atom is 0.350 e. The second-order valence-electron chi connectivity index (χ2n) is 3.99. The summed E-state index contributed by atoms with van der Waals surface area (Å²) in [5.41, 5.74) is -2.00. The van der Waals surface area contributed by atoms with Crippen LogP contribution in [0, 0.1) is 0 Å². The molecule has 0 rings (SSSR count). The second-order valence-corrected chi connectivity index (χ2v) is 3.99. The first-order valence-electron chi connectivity index (χ1n) is 6.52. The number of hydrogen-bond acceptors (Lipinski definition) is 7. The summed E-state index contributed by atoms with van der Waals surface area (Å²) in [6.45, 7) is 7.74. The molecular formula is C13H22O7. The molecule has 0 aliphatic carbocycles. The first-order valence-corrected chi connectivity index (χ1v) is 6.52. The van der Waals surface area contributed by atoms with Crippen LogP contribution in [0.2, 0.25) is 0 Å². The van der Waals surface area contributed by atoms with Gasteiger partial charge in [-0.3, -0.25) is 0 Å². The predicted octanol–water partition coefficient (Wildman–Crippen LogP) is 0.839. The molecule has 7 nitrogen and oxygen atoms in total. The van der Waals surface area contributed by atoms with Gasteiger partial charge >= 0.3 is 17.9 Å². The number of hydrogen-bond donors (Lipinski definition) is 0. The van der Waals surface area contributed by atoms with Gasteiger partial charge in [-0.05, 0) is 34.6 Å². The lowest BCUT2D eigenvalue weighted by atomic mass is 10.1. The van der Waals surface area contributed by atoms with E-state index in [0.717, 1.165) is 0 Å². The van der Waals surface area contributed by atoms with E-state index in [1.807, 2.05) is 0 Å². The summed E-state index contributed by atoms with van der Waals surface area (Å²) < 4.78 is 19.6. The average Bonchev–Trinajstić information content (AvgIpc) is 2.39. The minimum atomic E-state index is -2.00. The summed E-state index contributed by atoms with van der Waals surface area (Å²) in [7, 11) is 0. The number of carbonyl (C=O) groups is 3. The highest BCUT2D eigenvalue weighted by Crippen LogP contribution is 2.19. The Balaban J connectivity index is 5.07. The van der Waals surface area contributed by atoms with Gasteiger partial charge in [0.25, 0.3) is 5.60 Å². The summed E-state index contributed by atoms with van der Waals surface area (Å²) in [4.78, 5) is 35.3. The molecule has 1 atom stereocenters. The van der Waals surface area contributed by atoms with Crippen LogP contribution < -0.4 is 0 Å². The number of carbonyl (C=O) groups excluding carboxylic acids is 3. The lowest BCUT2D eigenvalue weighted by Crippen LogP contribution is -2.51. The van der Waals surface area contributed by atoms with Gasteiger partial charge in [0.1, 0.15) is 0 Å². The monoisotopic (exact) mass is 290 g/mol. The van der Waals surface area contributed by atoms with Crippen LogP contribution in [-0.4, -0.2) is 49.4 Å². The fraction of sp³-hybridized carbons (Fsp3) is 0.769. The van der Waals surface area contributed by atoms with E-state index in [-0.39, 0.29) is 19.8 Å². The Bertz CT molecular complexity index is 333. The smallest absolute Gasteiger partial charge is 0.350 e. The Hall–Kier alpha value is -1.63. The summed E-state index contributed by atoms with van der Waals surface area (Å²) in [6, 6.07) is 0. The van der Waals surface area contributed by atoms with Gasteiger partial charge in [0.05, 0.1) is 19.8 Å². The molecule has 0 aromatic heterocycles. The molecule has 0 aromatic rings. The zero-order valence-electron chi connectivity index (χ0n) is 12.6. The van der Waals surface area contributed by atoms with E-state index < -0.39 is 29.6 Å². The molecule has 0 radical (unpaired) electrons. The highest BCUT2D eigenvalue weighted by Gasteiger charge is 2.48. The molecule has 0 fully saturated rings. The number of esters is 3. The Morgan fingerprint density at radius 1 is 0.900 bits per heavy atom. The van der Waals surface area contributed by atoms with Crippen molar-refractivity contribution < 1.29 is 33.3 Å². The van der Waals surface area contributed by atoms with Crippen molar-refractivity contribution in [2.45, 2.75) is 46.3 Å². The Labute approximate surface area is 118 Å². The summed E-state index contributed by atoms with van der Waals surface area (Å²) >= 11 is 0. The molecule has 1 unspecified atom stereocenters. The van der Waals surface area contributed by atoms with Crippen LogP contribution >= 0.6 is 0 Å². The normalized spacial score (nSPS) is 12.4. The van der Waals surface area contributed by atoms with Crippen LogP contribution in [0.15, 0.2) is 0 Å². The Morgan fingerprint density at radius 2 is 1.30 bits per heavy atom. The van der Waals surface area contributed by atoms with Gasteiger partial charge < -0.3 is 18.9 Å². The predicted molar refractivity (Wildman–Crippen MR) is 68.9 cm³/mol. The van der Waals surface area contributed by atoms with E-state index in [1.54, 1.807) is 20.8 Å². The van der Waals surface area contributed by atoms with Crippen LogP contribution in [0.3, 0.4) is 0 Å². The molecule has 0 aliphatic rings. The first kappa shape index (κ1) is 18.4. The van der Waals surface area contributed by atoms with Crippen LogP contribution in [0.4, 0.5) is 0 Å². The topological polar surface area (TPSA) is 88.1 Å². The molecule has 0 saturated heterocycles. The zero-order chi connectivity index (χ0) is 15.8. The lowest BCUT2D eigenvalue weighted by molar-refractivity contribution is -0.198. The Morgan fingerprint density at radius 3 is 1.65 bits per heavy atom. The van der Waals surface area contributed by atoms with Crippen molar-refractivity contribution in [3.63, 3.8) is 0 Å². The van der Waals surface area contributed by atoms with Crippen LogP contribution in [-0.2, 0) is 33.3 Å². The maximum atomic E-state index is 11.9. The van der Waals surface area contributed by atoms with Crippen LogP contribution in [0.25, 0.3) is 0 Å². The van der Waals surface area contributed by atoms with Crippen molar-refractivity contribution >= 4 is 17.9 Å². The summed E-state index contributed by atoms with van der Waals surface area (Å²) in [5, 5.41) is 0. The van der Waals surface area contributed by atoms with E-state index in [0.29, 0.717) is 0 Å². The summed E-state index contributed by atoms with van der Waals surface area (Å²) in [5.74, 6) is -2.49. The van der Waals surface area contributed by atoms with E-state index in [2.05, 4.69) is 0 Å². The van der Waals surface area contributed by atoms with Gasteiger partial charge in [-0.15, -0.1) is 0 Å². The fourth-order valence-electron chi connectivity index (χ4n) is 1.38. The molecule has 0 spiro atoms. The highest BCUT2D eigenvalue weighted by atomic mass is 16.6. The quantitative estimate of drug-likeness (QED) is 0.372. The van der Waals surface area contributed by atoms with Gasteiger partial charge in [-0.2, -0.15) is 0 Å². The molecule has 20 heavy (non-hydrogen) atoms. The minimum absolute atomic E-state index is 0.0744. The van der Waals surface area contributed by atoms with Crippen LogP contribution in [0.5, 0.6) is 0 Å². The van der Waals surface area contributed by atoms with Crippen molar-refractivity contribution in [2.75, 3.05) is 19.8 Å². The third kappa shape index (κ3) is 4.80. The van der Waals surface area contributed by atoms with E-state index in [4.69, 9.17) is 18.9 Å². The largest absolute Gasteiger partial charge is 0.464 e. The maximum absolute atomic E-state index is 11.9. The van der Waals surface area contributed by atoms with Crippen molar-refractivity contribution in [1.29, 1.82) is 0 Å². The molecule has 0 heterocycles. The van der Waals surface area contributed by atoms with Crippen LogP contribution in [0.1, 0.15) is 34.6 Å². The molecular weight excluding hydrogens is 268 g/mol. The van der Waals surface area contributed by atoms with Gasteiger partial charge in [0, 0.05) is 0 Å². The molecule has 7 heteroatoms. The Kier molecular flexibility index (Phi) is 7.83. The second kappa shape index (κ2) is 8.52. The van der Waals surface area contributed by atoms with Crippen molar-refractivity contribution in [1.82, 2.24) is 0 Å². The third-order valence-electron chi connectivity index (χ3n) is 2.36. The molecule has 0 saturated carbocycles. The van der Waals surface area contributed by atoms with Crippen molar-refractivity contribution in [2.24, 2.45) is 0 Å². The standard InChI is InChI=1S/C13H22O7/c1-6-17-10(14)9(4)20-13(5,11(15)18-7-2)12(16)19-8-3/h9H,6-8H2,1-5H3. The van der Waals surface area contributed by atoms with Gasteiger partial charge in [0.15, 0.2) is 6.10 Å². The van der Waals surface area contributed by atoms with E-state index >= 15 is 0 Å². The molecule has 0 amide bonds. The third-order valence-corrected chi connectivity index (χ3v) is 2.36. The molecule has 0 aromatic carbocycles. The fourth-order valence-corrected chi connectivity index (χ4v) is 1.38.